The Labute approximate surface area is 111 Å². The third kappa shape index (κ3) is 4.28. The summed E-state index contributed by atoms with van der Waals surface area (Å²) in [7, 11) is 0. The van der Waals surface area contributed by atoms with Crippen LogP contribution >= 0.6 is 0 Å². The molecule has 0 aliphatic heterocycles. The highest BCUT2D eigenvalue weighted by Gasteiger charge is 2.22. The number of amides is 1. The highest BCUT2D eigenvalue weighted by molar-refractivity contribution is 5.83. The van der Waals surface area contributed by atoms with Crippen LogP contribution in [-0.2, 0) is 4.79 Å². The predicted octanol–water partition coefficient (Wildman–Crippen LogP) is 2.35. The molecule has 1 amide bonds. The fraction of sp³-hybridized carbons (Fsp3) is 0.500. The van der Waals surface area contributed by atoms with Crippen molar-refractivity contribution in [3.05, 3.63) is 35.4 Å². The Bertz CT molecular complexity index is 417. The van der Waals surface area contributed by atoms with Gasteiger partial charge in [0.15, 0.2) is 0 Å². The van der Waals surface area contributed by atoms with Crippen LogP contribution in [0, 0.1) is 11.6 Å². The van der Waals surface area contributed by atoms with E-state index in [1.165, 1.54) is 13.0 Å². The van der Waals surface area contributed by atoms with Gasteiger partial charge in [0, 0.05) is 12.1 Å². The molecule has 1 aromatic carbocycles. The minimum absolute atomic E-state index is 0.0904. The number of aliphatic hydroxyl groups is 1. The average Bonchev–Trinajstić information content (AvgIpc) is 2.36. The van der Waals surface area contributed by atoms with E-state index in [2.05, 4.69) is 5.32 Å². The zero-order valence-electron chi connectivity index (χ0n) is 11.1. The number of hydrogen-bond acceptors (Lipinski definition) is 2. The normalized spacial score (nSPS) is 13.9. The predicted molar refractivity (Wildman–Crippen MR) is 68.7 cm³/mol. The standard InChI is InChI=1S/C14H19F2NO2/c1-3-5-10(18)8-17-14(19)9(2)13-11(15)6-4-7-12(13)16/h4,6-7,9-10,18H,3,5,8H2,1-2H3,(H,17,19). The van der Waals surface area contributed by atoms with Gasteiger partial charge in [0.05, 0.1) is 12.0 Å². The molecule has 0 saturated heterocycles. The molecule has 2 unspecified atom stereocenters. The first-order chi connectivity index (χ1) is 8.97. The summed E-state index contributed by atoms with van der Waals surface area (Å²) in [6, 6.07) is 3.49. The number of benzene rings is 1. The average molecular weight is 271 g/mol. The Kier molecular flexibility index (Phi) is 5.89. The van der Waals surface area contributed by atoms with Crippen molar-refractivity contribution in [3.63, 3.8) is 0 Å². The monoisotopic (exact) mass is 271 g/mol. The van der Waals surface area contributed by atoms with Crippen LogP contribution in [0.5, 0.6) is 0 Å². The van der Waals surface area contributed by atoms with E-state index in [9.17, 15) is 18.7 Å². The van der Waals surface area contributed by atoms with Gasteiger partial charge in [-0.15, -0.1) is 0 Å². The van der Waals surface area contributed by atoms with Crippen LogP contribution in [0.15, 0.2) is 18.2 Å². The van der Waals surface area contributed by atoms with Gasteiger partial charge in [0.2, 0.25) is 5.91 Å². The third-order valence-corrected chi connectivity index (χ3v) is 2.96. The van der Waals surface area contributed by atoms with Gasteiger partial charge >= 0.3 is 0 Å². The summed E-state index contributed by atoms with van der Waals surface area (Å²) in [6.07, 6.45) is 0.740. The number of nitrogens with one attached hydrogen (secondary N) is 1. The number of hydrogen-bond donors (Lipinski definition) is 2. The van der Waals surface area contributed by atoms with Gasteiger partial charge in [0.1, 0.15) is 11.6 Å². The van der Waals surface area contributed by atoms with Crippen LogP contribution in [0.4, 0.5) is 8.78 Å². The van der Waals surface area contributed by atoms with Gasteiger partial charge in [0.25, 0.3) is 0 Å². The topological polar surface area (TPSA) is 49.3 Å². The molecule has 19 heavy (non-hydrogen) atoms. The fourth-order valence-electron chi connectivity index (χ4n) is 1.86. The van der Waals surface area contributed by atoms with Crippen molar-refractivity contribution in [3.8, 4) is 0 Å². The molecule has 0 spiro atoms. The lowest BCUT2D eigenvalue weighted by Crippen LogP contribution is -2.35. The number of rotatable bonds is 6. The van der Waals surface area contributed by atoms with Gasteiger partial charge < -0.3 is 10.4 Å². The summed E-state index contributed by atoms with van der Waals surface area (Å²) in [6.45, 7) is 3.44. The molecule has 0 aliphatic carbocycles. The van der Waals surface area contributed by atoms with Crippen LogP contribution in [0.3, 0.4) is 0 Å². The lowest BCUT2D eigenvalue weighted by atomic mass is 9.99. The Morgan fingerprint density at radius 1 is 1.37 bits per heavy atom. The zero-order valence-corrected chi connectivity index (χ0v) is 11.1. The van der Waals surface area contributed by atoms with E-state index in [1.54, 1.807) is 0 Å². The van der Waals surface area contributed by atoms with Crippen LogP contribution < -0.4 is 5.32 Å². The highest BCUT2D eigenvalue weighted by Crippen LogP contribution is 2.22. The Morgan fingerprint density at radius 3 is 2.47 bits per heavy atom. The first kappa shape index (κ1) is 15.6. The van der Waals surface area contributed by atoms with Gasteiger partial charge in [-0.05, 0) is 25.5 Å². The fourth-order valence-corrected chi connectivity index (χ4v) is 1.86. The van der Waals surface area contributed by atoms with Crippen LogP contribution in [0.1, 0.15) is 38.2 Å². The van der Waals surface area contributed by atoms with Gasteiger partial charge in [-0.1, -0.05) is 19.4 Å². The minimum Gasteiger partial charge on any atom is -0.391 e. The maximum absolute atomic E-state index is 13.5. The van der Waals surface area contributed by atoms with E-state index < -0.39 is 29.6 Å². The van der Waals surface area contributed by atoms with Crippen molar-refractivity contribution < 1.29 is 18.7 Å². The molecule has 2 N–H and O–H groups in total. The summed E-state index contributed by atoms with van der Waals surface area (Å²) in [5.41, 5.74) is -0.245. The van der Waals surface area contributed by atoms with E-state index in [0.717, 1.165) is 18.6 Å². The second-order valence-corrected chi connectivity index (χ2v) is 4.54. The van der Waals surface area contributed by atoms with Crippen molar-refractivity contribution in [2.75, 3.05) is 6.54 Å². The molecule has 3 nitrogen and oxygen atoms in total. The number of carbonyl (C=O) groups is 1. The molecule has 1 rings (SSSR count). The maximum Gasteiger partial charge on any atom is 0.227 e. The van der Waals surface area contributed by atoms with Gasteiger partial charge in [-0.25, -0.2) is 8.78 Å². The Morgan fingerprint density at radius 2 is 1.95 bits per heavy atom. The zero-order chi connectivity index (χ0) is 14.4. The number of halogens is 2. The first-order valence-corrected chi connectivity index (χ1v) is 6.37. The molecule has 0 fully saturated rings. The molecule has 106 valence electrons. The summed E-state index contributed by atoms with van der Waals surface area (Å²) in [4.78, 5) is 11.8. The SMILES string of the molecule is CCCC(O)CNC(=O)C(C)c1c(F)cccc1F. The second-order valence-electron chi connectivity index (χ2n) is 4.54. The maximum atomic E-state index is 13.5. The molecule has 5 heteroatoms. The van der Waals surface area contributed by atoms with E-state index in [0.29, 0.717) is 6.42 Å². The minimum atomic E-state index is -0.935. The van der Waals surface area contributed by atoms with Crippen LogP contribution in [0.2, 0.25) is 0 Å². The second kappa shape index (κ2) is 7.19. The molecule has 2 atom stereocenters. The molecule has 0 radical (unpaired) electrons. The van der Waals surface area contributed by atoms with Crippen molar-refractivity contribution in [1.29, 1.82) is 0 Å². The van der Waals surface area contributed by atoms with E-state index in [4.69, 9.17) is 0 Å². The van der Waals surface area contributed by atoms with Crippen LogP contribution in [-0.4, -0.2) is 23.7 Å². The molecule has 1 aromatic rings. The molecule has 0 aliphatic rings. The largest absolute Gasteiger partial charge is 0.391 e. The molecule has 0 heterocycles. The van der Waals surface area contributed by atoms with Crippen LogP contribution in [0.25, 0.3) is 0 Å². The molecule has 0 saturated carbocycles. The van der Waals surface area contributed by atoms with E-state index >= 15 is 0 Å². The number of carbonyl (C=O) groups excluding carboxylic acids is 1. The Hall–Kier alpha value is -1.49. The van der Waals surface area contributed by atoms with E-state index in [-0.39, 0.29) is 12.1 Å². The molecular weight excluding hydrogens is 252 g/mol. The number of aliphatic hydroxyl groups excluding tert-OH is 1. The summed E-state index contributed by atoms with van der Waals surface area (Å²) >= 11 is 0. The summed E-state index contributed by atoms with van der Waals surface area (Å²) in [5.74, 6) is -2.91. The molecular formula is C14H19F2NO2. The van der Waals surface area contributed by atoms with E-state index in [1.807, 2.05) is 6.92 Å². The molecule has 0 aromatic heterocycles. The van der Waals surface area contributed by atoms with Crippen molar-refractivity contribution in [2.24, 2.45) is 0 Å². The lowest BCUT2D eigenvalue weighted by molar-refractivity contribution is -0.122. The smallest absolute Gasteiger partial charge is 0.227 e. The van der Waals surface area contributed by atoms with Crippen molar-refractivity contribution >= 4 is 5.91 Å². The van der Waals surface area contributed by atoms with Crippen molar-refractivity contribution in [1.82, 2.24) is 5.32 Å². The lowest BCUT2D eigenvalue weighted by Gasteiger charge is -2.16. The first-order valence-electron chi connectivity index (χ1n) is 6.37. The van der Waals surface area contributed by atoms with Gasteiger partial charge in [-0.3, -0.25) is 4.79 Å². The quantitative estimate of drug-likeness (QED) is 0.834. The van der Waals surface area contributed by atoms with Crippen molar-refractivity contribution in [2.45, 2.75) is 38.7 Å². The third-order valence-electron chi connectivity index (χ3n) is 2.96. The Balaban J connectivity index is 2.67. The summed E-state index contributed by atoms with van der Waals surface area (Å²) in [5, 5.41) is 12.0. The van der Waals surface area contributed by atoms with Gasteiger partial charge in [-0.2, -0.15) is 0 Å². The molecule has 0 bridgehead atoms. The highest BCUT2D eigenvalue weighted by atomic mass is 19.1. The summed E-state index contributed by atoms with van der Waals surface area (Å²) < 4.78 is 27.0.